The molecule has 3 aromatic rings. The fourth-order valence-electron chi connectivity index (χ4n) is 4.60. The summed E-state index contributed by atoms with van der Waals surface area (Å²) >= 11 is 0. The molecule has 0 N–H and O–H groups in total. The lowest BCUT2D eigenvalue weighted by Gasteiger charge is -2.43. The van der Waals surface area contributed by atoms with Crippen LogP contribution in [0.2, 0.25) is 0 Å². The van der Waals surface area contributed by atoms with Gasteiger partial charge in [-0.1, -0.05) is 18.6 Å². The van der Waals surface area contributed by atoms with Crippen LogP contribution in [-0.2, 0) is 11.0 Å². The van der Waals surface area contributed by atoms with Gasteiger partial charge in [0.15, 0.2) is 11.0 Å². The third-order valence-electron chi connectivity index (χ3n) is 6.46. The normalized spacial score (nSPS) is 19.2. The van der Waals surface area contributed by atoms with E-state index in [1.165, 1.54) is 53.7 Å². The van der Waals surface area contributed by atoms with Crippen LogP contribution < -0.4 is 4.90 Å². The molecule has 1 aliphatic carbocycles. The highest BCUT2D eigenvalue weighted by atomic mass is 32.2. The first kappa shape index (κ1) is 20.6. The lowest BCUT2D eigenvalue weighted by Crippen LogP contribution is -2.52. The number of nitrogens with zero attached hydrogens (tertiary/aromatic N) is 3. The van der Waals surface area contributed by atoms with E-state index in [-0.39, 0.29) is 10.5 Å². The van der Waals surface area contributed by atoms with Crippen molar-refractivity contribution in [2.24, 2.45) is 0 Å². The van der Waals surface area contributed by atoms with E-state index < -0.39 is 23.2 Å². The summed E-state index contributed by atoms with van der Waals surface area (Å²) < 4.78 is 56.1. The highest BCUT2D eigenvalue weighted by molar-refractivity contribution is 7.83. The molecule has 2 heterocycles. The molecule has 5 rings (SSSR count). The Morgan fingerprint density at radius 3 is 2.39 bits per heavy atom. The molecule has 2 fully saturated rings. The second-order valence-corrected chi connectivity index (χ2v) is 9.56. The SMILES string of the molecule is O=S(c1cccc(F)c1)n1cc(C(F)F)c2c(N3CCN(C4CCC4)CC3)cccc21. The average Bonchev–Trinajstić information content (AvgIpc) is 3.13. The lowest BCUT2D eigenvalue weighted by atomic mass is 9.91. The minimum absolute atomic E-state index is 0.142. The predicted octanol–water partition coefficient (Wildman–Crippen LogP) is 4.96. The first-order valence-corrected chi connectivity index (χ1v) is 11.7. The minimum Gasteiger partial charge on any atom is -0.368 e. The van der Waals surface area contributed by atoms with Gasteiger partial charge in [0.25, 0.3) is 6.43 Å². The molecule has 2 aromatic carbocycles. The van der Waals surface area contributed by atoms with Crippen LogP contribution in [0.15, 0.2) is 53.6 Å². The maximum atomic E-state index is 14.0. The van der Waals surface area contributed by atoms with Crippen LogP contribution in [0.3, 0.4) is 0 Å². The van der Waals surface area contributed by atoms with Crippen LogP contribution in [-0.4, -0.2) is 45.3 Å². The third kappa shape index (κ3) is 3.76. The van der Waals surface area contributed by atoms with E-state index in [1.54, 1.807) is 6.07 Å². The molecule has 0 radical (unpaired) electrons. The number of benzene rings is 2. The number of hydrogen-bond donors (Lipinski definition) is 0. The highest BCUT2D eigenvalue weighted by Crippen LogP contribution is 2.38. The number of anilines is 1. The summed E-state index contributed by atoms with van der Waals surface area (Å²) in [7, 11) is -1.83. The summed E-state index contributed by atoms with van der Waals surface area (Å²) in [6, 6.07) is 11.5. The molecule has 4 nitrogen and oxygen atoms in total. The number of aromatic nitrogens is 1. The van der Waals surface area contributed by atoms with Gasteiger partial charge in [0.1, 0.15) is 5.82 Å². The largest absolute Gasteiger partial charge is 0.368 e. The molecule has 164 valence electrons. The van der Waals surface area contributed by atoms with Crippen LogP contribution in [0.5, 0.6) is 0 Å². The van der Waals surface area contributed by atoms with Crippen molar-refractivity contribution < 1.29 is 17.4 Å². The summed E-state index contributed by atoms with van der Waals surface area (Å²) in [5.74, 6) is -0.513. The Labute approximate surface area is 181 Å². The summed E-state index contributed by atoms with van der Waals surface area (Å²) in [6.07, 6.45) is 2.34. The maximum Gasteiger partial charge on any atom is 0.266 e. The molecule has 0 spiro atoms. The molecule has 1 saturated carbocycles. The number of alkyl halides is 2. The van der Waals surface area contributed by atoms with Crippen LogP contribution in [0.25, 0.3) is 10.9 Å². The van der Waals surface area contributed by atoms with Gasteiger partial charge in [-0.3, -0.25) is 8.87 Å². The Kier molecular flexibility index (Phi) is 5.52. The molecule has 2 aliphatic rings. The topological polar surface area (TPSA) is 28.5 Å². The van der Waals surface area contributed by atoms with Crippen molar-refractivity contribution in [3.63, 3.8) is 0 Å². The fraction of sp³-hybridized carbons (Fsp3) is 0.391. The van der Waals surface area contributed by atoms with E-state index in [9.17, 15) is 17.4 Å². The monoisotopic (exact) mass is 447 g/mol. The van der Waals surface area contributed by atoms with E-state index in [4.69, 9.17) is 0 Å². The van der Waals surface area contributed by atoms with E-state index in [2.05, 4.69) is 9.80 Å². The first-order chi connectivity index (χ1) is 15.0. The quantitative estimate of drug-likeness (QED) is 0.553. The second-order valence-electron chi connectivity index (χ2n) is 8.20. The van der Waals surface area contributed by atoms with Crippen LogP contribution >= 0.6 is 0 Å². The Hall–Kier alpha value is -2.32. The molecule has 1 aromatic heterocycles. The smallest absolute Gasteiger partial charge is 0.266 e. The Morgan fingerprint density at radius 1 is 1.00 bits per heavy atom. The number of halogens is 3. The van der Waals surface area contributed by atoms with Crippen molar-refractivity contribution in [1.29, 1.82) is 0 Å². The average molecular weight is 448 g/mol. The van der Waals surface area contributed by atoms with Gasteiger partial charge < -0.3 is 4.90 Å². The van der Waals surface area contributed by atoms with E-state index in [0.717, 1.165) is 31.9 Å². The second kappa shape index (κ2) is 8.31. The number of fused-ring (bicyclic) bond motifs is 1. The molecule has 1 aliphatic heterocycles. The van der Waals surface area contributed by atoms with Gasteiger partial charge in [-0.15, -0.1) is 0 Å². The van der Waals surface area contributed by atoms with Crippen molar-refractivity contribution in [3.05, 3.63) is 60.0 Å². The van der Waals surface area contributed by atoms with Crippen molar-refractivity contribution in [1.82, 2.24) is 8.87 Å². The zero-order chi connectivity index (χ0) is 21.5. The standard InChI is InChI=1S/C23H24F3N3OS/c24-16-4-1-7-18(14-16)31(30)29-15-19(23(25)26)22-20(8-3-9-21(22)29)28-12-10-27(11-13-28)17-5-2-6-17/h1,3-4,7-9,14-15,17,23H,2,5-6,10-13H2. The number of piperazine rings is 1. The summed E-state index contributed by atoms with van der Waals surface area (Å²) in [6.45, 7) is 3.38. The van der Waals surface area contributed by atoms with Crippen LogP contribution in [0, 0.1) is 5.82 Å². The van der Waals surface area contributed by atoms with E-state index in [0.29, 0.717) is 16.9 Å². The van der Waals surface area contributed by atoms with Gasteiger partial charge in [-0.2, -0.15) is 0 Å². The van der Waals surface area contributed by atoms with Crippen molar-refractivity contribution in [3.8, 4) is 0 Å². The minimum atomic E-state index is -2.70. The molecule has 1 unspecified atom stereocenters. The van der Waals surface area contributed by atoms with E-state index >= 15 is 0 Å². The molecule has 8 heteroatoms. The highest BCUT2D eigenvalue weighted by Gasteiger charge is 2.30. The van der Waals surface area contributed by atoms with Gasteiger partial charge in [-0.25, -0.2) is 17.4 Å². The van der Waals surface area contributed by atoms with Crippen molar-refractivity contribution >= 4 is 27.6 Å². The summed E-state index contributed by atoms with van der Waals surface area (Å²) in [4.78, 5) is 4.88. The lowest BCUT2D eigenvalue weighted by molar-refractivity contribution is 0.120. The van der Waals surface area contributed by atoms with Crippen molar-refractivity contribution in [2.45, 2.75) is 36.6 Å². The maximum absolute atomic E-state index is 14.0. The zero-order valence-electron chi connectivity index (χ0n) is 17.0. The number of hydrogen-bond acceptors (Lipinski definition) is 3. The van der Waals surface area contributed by atoms with Gasteiger partial charge >= 0.3 is 0 Å². The van der Waals surface area contributed by atoms with Gasteiger partial charge in [-0.05, 0) is 43.2 Å². The Balaban J connectivity index is 1.52. The molecular weight excluding hydrogens is 423 g/mol. The molecular formula is C23H24F3N3OS. The zero-order valence-corrected chi connectivity index (χ0v) is 17.8. The predicted molar refractivity (Wildman–Crippen MR) is 117 cm³/mol. The summed E-state index contributed by atoms with van der Waals surface area (Å²) in [5.41, 5.74) is 1.07. The van der Waals surface area contributed by atoms with Crippen LogP contribution in [0.1, 0.15) is 31.3 Å². The molecule has 0 bridgehead atoms. The third-order valence-corrected chi connectivity index (χ3v) is 7.78. The molecule has 31 heavy (non-hydrogen) atoms. The van der Waals surface area contributed by atoms with Crippen LogP contribution in [0.4, 0.5) is 18.9 Å². The van der Waals surface area contributed by atoms with E-state index in [1.807, 2.05) is 12.1 Å². The first-order valence-electron chi connectivity index (χ1n) is 10.6. The Bertz CT molecular complexity index is 1120. The molecule has 0 amide bonds. The Morgan fingerprint density at radius 2 is 1.74 bits per heavy atom. The van der Waals surface area contributed by atoms with Gasteiger partial charge in [0, 0.05) is 55.1 Å². The van der Waals surface area contributed by atoms with Crippen molar-refractivity contribution in [2.75, 3.05) is 31.1 Å². The molecule has 1 saturated heterocycles. The molecule has 1 atom stereocenters. The van der Waals surface area contributed by atoms with Gasteiger partial charge in [0.05, 0.1) is 10.4 Å². The summed E-state index contributed by atoms with van der Waals surface area (Å²) in [5, 5.41) is 0.430. The fourth-order valence-corrected chi connectivity index (χ4v) is 5.78. The number of rotatable bonds is 5. The van der Waals surface area contributed by atoms with Gasteiger partial charge in [0.2, 0.25) is 0 Å².